The molecule has 10 heteroatoms. The summed E-state index contributed by atoms with van der Waals surface area (Å²) in [5, 5.41) is 4.29. The number of ether oxygens (including phenoxy) is 2. The van der Waals surface area contributed by atoms with Crippen LogP contribution < -0.4 is 10.6 Å². The molecule has 1 unspecified atom stereocenters. The molecule has 0 bridgehead atoms. The summed E-state index contributed by atoms with van der Waals surface area (Å²) in [7, 11) is 1.10. The van der Waals surface area contributed by atoms with Crippen LogP contribution in [0.2, 0.25) is 0 Å². The summed E-state index contributed by atoms with van der Waals surface area (Å²) in [5.41, 5.74) is 0. The fraction of sp³-hybridized carbons (Fsp3) is 0.750. The van der Waals surface area contributed by atoms with Gasteiger partial charge in [0.1, 0.15) is 12.6 Å². The molecule has 0 aliphatic rings. The Morgan fingerprint density at radius 3 is 2.23 bits per heavy atom. The van der Waals surface area contributed by atoms with Crippen molar-refractivity contribution in [3.05, 3.63) is 0 Å². The zero-order valence-corrected chi connectivity index (χ0v) is 12.5. The van der Waals surface area contributed by atoms with Crippen LogP contribution in [0.1, 0.15) is 20.3 Å². The molecule has 0 aliphatic carbocycles. The Morgan fingerprint density at radius 2 is 1.77 bits per heavy atom. The topological polar surface area (TPSA) is 93.7 Å². The van der Waals surface area contributed by atoms with E-state index in [1.54, 1.807) is 13.8 Å². The van der Waals surface area contributed by atoms with E-state index < -0.39 is 43.3 Å². The van der Waals surface area contributed by atoms with Crippen molar-refractivity contribution in [3.8, 4) is 0 Å². The van der Waals surface area contributed by atoms with Gasteiger partial charge in [-0.05, 0) is 12.3 Å². The van der Waals surface area contributed by atoms with Crippen LogP contribution in [0.15, 0.2) is 0 Å². The lowest BCUT2D eigenvalue weighted by molar-refractivity contribution is -0.188. The molecule has 0 aromatic carbocycles. The van der Waals surface area contributed by atoms with Crippen molar-refractivity contribution >= 4 is 18.0 Å². The number of hydrogen-bond donors (Lipinski definition) is 2. The third-order valence-electron chi connectivity index (χ3n) is 2.28. The van der Waals surface area contributed by atoms with Crippen molar-refractivity contribution in [1.82, 2.24) is 10.6 Å². The van der Waals surface area contributed by atoms with E-state index in [0.29, 0.717) is 0 Å². The second kappa shape index (κ2) is 9.11. The lowest BCUT2D eigenvalue weighted by Gasteiger charge is -2.20. The van der Waals surface area contributed by atoms with Crippen molar-refractivity contribution in [2.45, 2.75) is 32.5 Å². The smallest absolute Gasteiger partial charge is 0.422 e. The molecule has 1 atom stereocenters. The fourth-order valence-electron chi connectivity index (χ4n) is 1.41. The maximum absolute atomic E-state index is 12.0. The van der Waals surface area contributed by atoms with Crippen molar-refractivity contribution in [1.29, 1.82) is 0 Å². The minimum Gasteiger partial charge on any atom is -0.455 e. The summed E-state index contributed by atoms with van der Waals surface area (Å²) in [6.07, 6.45) is -5.40. The minimum absolute atomic E-state index is 0.0719. The van der Waals surface area contributed by atoms with Gasteiger partial charge in [0.2, 0.25) is 5.91 Å². The monoisotopic (exact) mass is 328 g/mol. The average molecular weight is 328 g/mol. The van der Waals surface area contributed by atoms with E-state index in [2.05, 4.69) is 20.1 Å². The van der Waals surface area contributed by atoms with Gasteiger partial charge in [0.15, 0.2) is 6.61 Å². The van der Waals surface area contributed by atoms with Crippen molar-refractivity contribution < 1.29 is 37.0 Å². The summed E-state index contributed by atoms with van der Waals surface area (Å²) in [6, 6.07) is -1.23. The van der Waals surface area contributed by atoms with Crippen LogP contribution in [-0.4, -0.2) is 50.4 Å². The molecular formula is C12H19F3N2O5. The maximum Gasteiger partial charge on any atom is 0.422 e. The van der Waals surface area contributed by atoms with Gasteiger partial charge in [0, 0.05) is 0 Å². The number of carbonyl (C=O) groups is 3. The Kier molecular flexibility index (Phi) is 8.28. The summed E-state index contributed by atoms with van der Waals surface area (Å²) in [5.74, 6) is -2.00. The van der Waals surface area contributed by atoms with Gasteiger partial charge in [-0.15, -0.1) is 0 Å². The van der Waals surface area contributed by atoms with E-state index in [0.717, 1.165) is 7.11 Å². The highest BCUT2D eigenvalue weighted by Gasteiger charge is 2.32. The zero-order valence-electron chi connectivity index (χ0n) is 12.5. The number of rotatable bonds is 7. The molecule has 22 heavy (non-hydrogen) atoms. The number of alkyl carbamates (subject to hydrolysis) is 1. The van der Waals surface area contributed by atoms with E-state index in [9.17, 15) is 27.6 Å². The Labute approximate surface area is 125 Å². The summed E-state index contributed by atoms with van der Waals surface area (Å²) in [6.45, 7) is 1.25. The number of alkyl halides is 3. The first-order valence-corrected chi connectivity index (χ1v) is 6.39. The van der Waals surface area contributed by atoms with Crippen LogP contribution in [0.25, 0.3) is 0 Å². The van der Waals surface area contributed by atoms with Gasteiger partial charge in [-0.2, -0.15) is 13.2 Å². The number of esters is 1. The second-order valence-corrected chi connectivity index (χ2v) is 4.82. The van der Waals surface area contributed by atoms with Gasteiger partial charge in [0.25, 0.3) is 0 Å². The van der Waals surface area contributed by atoms with E-state index in [1.165, 1.54) is 0 Å². The highest BCUT2D eigenvalue weighted by molar-refractivity contribution is 5.87. The third kappa shape index (κ3) is 9.83. The maximum atomic E-state index is 12.0. The van der Waals surface area contributed by atoms with E-state index in [-0.39, 0.29) is 12.3 Å². The molecule has 0 radical (unpaired) electrons. The summed E-state index contributed by atoms with van der Waals surface area (Å²) < 4.78 is 44.5. The minimum atomic E-state index is -4.64. The lowest BCUT2D eigenvalue weighted by atomic mass is 10.0. The molecule has 0 saturated carbocycles. The van der Waals surface area contributed by atoms with Crippen LogP contribution >= 0.6 is 0 Å². The normalized spacial score (nSPS) is 12.5. The number of halogens is 3. The molecule has 0 aromatic heterocycles. The molecular weight excluding hydrogens is 309 g/mol. The van der Waals surface area contributed by atoms with Crippen molar-refractivity contribution in [2.75, 3.05) is 20.3 Å². The SMILES string of the molecule is COC(=O)NCC(=O)NC(CC(C)C)C(=O)OCC(F)(F)F. The number of hydrogen-bond acceptors (Lipinski definition) is 5. The van der Waals surface area contributed by atoms with Crippen LogP contribution in [0.4, 0.5) is 18.0 Å². The molecule has 0 rings (SSSR count). The predicted molar refractivity (Wildman–Crippen MR) is 68.8 cm³/mol. The number of methoxy groups -OCH3 is 1. The second-order valence-electron chi connectivity index (χ2n) is 4.82. The highest BCUT2D eigenvalue weighted by atomic mass is 19.4. The number of amides is 2. The third-order valence-corrected chi connectivity index (χ3v) is 2.28. The van der Waals surface area contributed by atoms with Gasteiger partial charge in [-0.25, -0.2) is 9.59 Å². The zero-order chi connectivity index (χ0) is 17.3. The Bertz CT molecular complexity index is 399. The molecule has 0 aliphatic heterocycles. The number of carbonyl (C=O) groups excluding carboxylic acids is 3. The molecule has 2 amide bonds. The van der Waals surface area contributed by atoms with E-state index >= 15 is 0 Å². The van der Waals surface area contributed by atoms with Gasteiger partial charge < -0.3 is 20.1 Å². The molecule has 0 fully saturated rings. The standard InChI is InChI=1S/C12H19F3N2O5/c1-7(2)4-8(10(19)22-6-12(13,14)15)17-9(18)5-16-11(20)21-3/h7-8H,4-6H2,1-3H3,(H,16,20)(H,17,18). The Morgan fingerprint density at radius 1 is 1.18 bits per heavy atom. The van der Waals surface area contributed by atoms with Gasteiger partial charge in [0.05, 0.1) is 7.11 Å². The first-order chi connectivity index (χ1) is 10.0. The highest BCUT2D eigenvalue weighted by Crippen LogP contribution is 2.15. The molecule has 7 nitrogen and oxygen atoms in total. The number of nitrogens with one attached hydrogen (secondary N) is 2. The molecule has 2 N–H and O–H groups in total. The van der Waals surface area contributed by atoms with E-state index in [4.69, 9.17) is 0 Å². The van der Waals surface area contributed by atoms with Crippen LogP contribution in [0.3, 0.4) is 0 Å². The van der Waals surface area contributed by atoms with Gasteiger partial charge >= 0.3 is 18.2 Å². The predicted octanol–water partition coefficient (Wildman–Crippen LogP) is 0.979. The van der Waals surface area contributed by atoms with Crippen LogP contribution in [-0.2, 0) is 19.1 Å². The van der Waals surface area contributed by atoms with E-state index in [1.807, 2.05) is 0 Å². The van der Waals surface area contributed by atoms with Crippen LogP contribution in [0, 0.1) is 5.92 Å². The first-order valence-electron chi connectivity index (χ1n) is 6.39. The molecule has 128 valence electrons. The molecule has 0 heterocycles. The fourth-order valence-corrected chi connectivity index (χ4v) is 1.41. The Balaban J connectivity index is 4.53. The van der Waals surface area contributed by atoms with Gasteiger partial charge in [-0.1, -0.05) is 13.8 Å². The van der Waals surface area contributed by atoms with Gasteiger partial charge in [-0.3, -0.25) is 4.79 Å². The molecule has 0 saturated heterocycles. The Hall–Kier alpha value is -2.00. The molecule has 0 spiro atoms. The molecule has 0 aromatic rings. The van der Waals surface area contributed by atoms with Crippen molar-refractivity contribution in [3.63, 3.8) is 0 Å². The quantitative estimate of drug-likeness (QED) is 0.680. The largest absolute Gasteiger partial charge is 0.455 e. The van der Waals surface area contributed by atoms with Crippen LogP contribution in [0.5, 0.6) is 0 Å². The first kappa shape index (κ1) is 20.0. The van der Waals surface area contributed by atoms with Crippen molar-refractivity contribution in [2.24, 2.45) is 5.92 Å². The average Bonchev–Trinajstić information content (AvgIpc) is 2.40. The summed E-state index contributed by atoms with van der Waals surface area (Å²) >= 11 is 0. The lowest BCUT2D eigenvalue weighted by Crippen LogP contribution is -2.47. The summed E-state index contributed by atoms with van der Waals surface area (Å²) in [4.78, 5) is 34.0.